The monoisotopic (exact) mass is 351 g/mol. The lowest BCUT2D eigenvalue weighted by molar-refractivity contribution is 0.611. The molecule has 0 spiro atoms. The summed E-state index contributed by atoms with van der Waals surface area (Å²) in [6.45, 7) is 1.93. The normalized spacial score (nSPS) is 12.4. The molecule has 0 bridgehead atoms. The number of anilines is 2. The van der Waals surface area contributed by atoms with E-state index in [4.69, 9.17) is 4.98 Å². The van der Waals surface area contributed by atoms with Gasteiger partial charge in [0.15, 0.2) is 17.5 Å². The summed E-state index contributed by atoms with van der Waals surface area (Å²) >= 11 is 0. The Hall–Kier alpha value is -3.26. The molecule has 132 valence electrons. The fourth-order valence-corrected chi connectivity index (χ4v) is 2.87. The van der Waals surface area contributed by atoms with E-state index in [1.54, 1.807) is 16.6 Å². The van der Waals surface area contributed by atoms with Crippen molar-refractivity contribution in [2.45, 2.75) is 13.0 Å². The first-order valence-electron chi connectivity index (χ1n) is 8.21. The van der Waals surface area contributed by atoms with E-state index < -0.39 is 0 Å². The number of rotatable bonds is 5. The lowest BCUT2D eigenvalue weighted by Crippen LogP contribution is -2.22. The molecule has 3 heterocycles. The Balaban J connectivity index is 1.78. The zero-order valence-electron chi connectivity index (χ0n) is 14.4. The molecule has 0 amide bonds. The Kier molecular flexibility index (Phi) is 4.10. The minimum Gasteiger partial charge on any atom is -0.322 e. The third-order valence-electron chi connectivity index (χ3n) is 4.11. The minimum atomic E-state index is -0.276. The molecule has 1 unspecified atom stereocenters. The second-order valence-corrected chi connectivity index (χ2v) is 5.99. The Morgan fingerprint density at radius 1 is 1.19 bits per heavy atom. The highest BCUT2D eigenvalue weighted by Gasteiger charge is 2.18. The van der Waals surface area contributed by atoms with E-state index in [1.807, 2.05) is 38.4 Å². The van der Waals surface area contributed by atoms with E-state index in [9.17, 15) is 4.39 Å². The van der Waals surface area contributed by atoms with Gasteiger partial charge in [0.25, 0.3) is 0 Å². The number of hydrogen-bond acceptors (Lipinski definition) is 5. The van der Waals surface area contributed by atoms with Crippen molar-refractivity contribution in [2.24, 2.45) is 0 Å². The number of aromatic amines is 1. The molecule has 0 aliphatic rings. The molecule has 0 aliphatic heterocycles. The van der Waals surface area contributed by atoms with Crippen molar-refractivity contribution in [3.05, 3.63) is 71.6 Å². The van der Waals surface area contributed by atoms with Crippen molar-refractivity contribution in [3.63, 3.8) is 0 Å². The van der Waals surface area contributed by atoms with Crippen LogP contribution in [-0.2, 0) is 0 Å². The van der Waals surface area contributed by atoms with Crippen LogP contribution in [0.25, 0.3) is 5.52 Å². The maximum absolute atomic E-state index is 13.3. The number of halogens is 1. The van der Waals surface area contributed by atoms with Gasteiger partial charge in [-0.15, -0.1) is 0 Å². The van der Waals surface area contributed by atoms with E-state index in [0.717, 1.165) is 16.8 Å². The molecule has 7 nitrogen and oxygen atoms in total. The van der Waals surface area contributed by atoms with Crippen LogP contribution in [0.2, 0.25) is 0 Å². The van der Waals surface area contributed by atoms with Crippen LogP contribution < -0.4 is 10.6 Å². The average Bonchev–Trinajstić information content (AvgIpc) is 3.26. The average molecular weight is 351 g/mol. The third kappa shape index (κ3) is 3.02. The number of aryl methyl sites for hydroxylation is 1. The van der Waals surface area contributed by atoms with Gasteiger partial charge in [-0.3, -0.25) is 5.10 Å². The SMILES string of the molecule is CNC(c1ccc(F)cc1)c1nc(Nc2cc(C)[nH]n2)c2cccn2n1. The molecule has 4 rings (SSSR count). The van der Waals surface area contributed by atoms with Gasteiger partial charge in [-0.05, 0) is 43.8 Å². The van der Waals surface area contributed by atoms with E-state index in [1.165, 1.54) is 12.1 Å². The summed E-state index contributed by atoms with van der Waals surface area (Å²) < 4.78 is 15.0. The molecule has 0 saturated heterocycles. The van der Waals surface area contributed by atoms with Gasteiger partial charge in [-0.1, -0.05) is 12.1 Å². The van der Waals surface area contributed by atoms with Crippen molar-refractivity contribution in [1.82, 2.24) is 30.1 Å². The molecule has 26 heavy (non-hydrogen) atoms. The molecule has 3 aromatic heterocycles. The van der Waals surface area contributed by atoms with Crippen molar-refractivity contribution in [2.75, 3.05) is 12.4 Å². The van der Waals surface area contributed by atoms with Gasteiger partial charge in [0.2, 0.25) is 0 Å². The van der Waals surface area contributed by atoms with Crippen LogP contribution in [0.15, 0.2) is 48.7 Å². The lowest BCUT2D eigenvalue weighted by atomic mass is 10.1. The molecule has 0 aliphatic carbocycles. The van der Waals surface area contributed by atoms with Crippen LogP contribution >= 0.6 is 0 Å². The molecular formula is C18H18FN7. The van der Waals surface area contributed by atoms with Crippen molar-refractivity contribution < 1.29 is 4.39 Å². The summed E-state index contributed by atoms with van der Waals surface area (Å²) in [5.41, 5.74) is 2.66. The topological polar surface area (TPSA) is 82.9 Å². The zero-order chi connectivity index (χ0) is 18.1. The van der Waals surface area contributed by atoms with Gasteiger partial charge in [0, 0.05) is 18.0 Å². The molecule has 0 radical (unpaired) electrons. The molecule has 0 saturated carbocycles. The summed E-state index contributed by atoms with van der Waals surface area (Å²) in [6.07, 6.45) is 1.86. The predicted octanol–water partition coefficient (Wildman–Crippen LogP) is 2.95. The summed E-state index contributed by atoms with van der Waals surface area (Å²) in [5.74, 6) is 1.62. The second kappa shape index (κ2) is 6.57. The summed E-state index contributed by atoms with van der Waals surface area (Å²) in [5, 5.41) is 18.1. The molecule has 4 aromatic rings. The molecular weight excluding hydrogens is 333 g/mol. The molecule has 1 atom stereocenters. The van der Waals surface area contributed by atoms with Crippen LogP contribution in [0.4, 0.5) is 16.0 Å². The Bertz CT molecular complexity index is 1040. The van der Waals surface area contributed by atoms with Crippen LogP contribution in [0.5, 0.6) is 0 Å². The maximum Gasteiger partial charge on any atom is 0.173 e. The van der Waals surface area contributed by atoms with Gasteiger partial charge in [0.05, 0.1) is 6.04 Å². The first-order valence-corrected chi connectivity index (χ1v) is 8.21. The van der Waals surface area contributed by atoms with Crippen molar-refractivity contribution >= 4 is 17.2 Å². The fourth-order valence-electron chi connectivity index (χ4n) is 2.87. The Morgan fingerprint density at radius 2 is 2.00 bits per heavy atom. The molecule has 3 N–H and O–H groups in total. The lowest BCUT2D eigenvalue weighted by Gasteiger charge is -2.17. The van der Waals surface area contributed by atoms with Crippen molar-refractivity contribution in [1.29, 1.82) is 0 Å². The highest BCUT2D eigenvalue weighted by molar-refractivity contribution is 5.72. The predicted molar refractivity (Wildman–Crippen MR) is 96.9 cm³/mol. The first kappa shape index (κ1) is 16.2. The van der Waals surface area contributed by atoms with Gasteiger partial charge in [0.1, 0.15) is 11.3 Å². The molecule has 1 aromatic carbocycles. The number of hydrogen-bond donors (Lipinski definition) is 3. The van der Waals surface area contributed by atoms with Crippen LogP contribution in [0.3, 0.4) is 0 Å². The highest BCUT2D eigenvalue weighted by atomic mass is 19.1. The van der Waals surface area contributed by atoms with Crippen LogP contribution in [-0.4, -0.2) is 31.8 Å². The number of aromatic nitrogens is 5. The fraction of sp³-hybridized carbons (Fsp3) is 0.167. The number of nitrogens with one attached hydrogen (secondary N) is 3. The number of fused-ring (bicyclic) bond motifs is 1. The van der Waals surface area contributed by atoms with Crippen molar-refractivity contribution in [3.8, 4) is 0 Å². The standard InChI is InChI=1S/C18H18FN7/c1-11-10-15(24-23-11)21-17-14-4-3-9-26(14)25-18(22-17)16(20-2)12-5-7-13(19)8-6-12/h3-10,16,20H,1-2H3,(H2,21,22,23,24,25). The van der Waals surface area contributed by atoms with Gasteiger partial charge in [-0.2, -0.15) is 10.2 Å². The van der Waals surface area contributed by atoms with Gasteiger partial charge < -0.3 is 10.6 Å². The highest BCUT2D eigenvalue weighted by Crippen LogP contribution is 2.24. The number of nitrogens with zero attached hydrogens (tertiary/aromatic N) is 4. The maximum atomic E-state index is 13.3. The van der Waals surface area contributed by atoms with Gasteiger partial charge >= 0.3 is 0 Å². The van der Waals surface area contributed by atoms with Gasteiger partial charge in [-0.25, -0.2) is 13.9 Å². The summed E-state index contributed by atoms with van der Waals surface area (Å²) in [7, 11) is 1.82. The van der Waals surface area contributed by atoms with E-state index in [-0.39, 0.29) is 11.9 Å². The largest absolute Gasteiger partial charge is 0.322 e. The summed E-state index contributed by atoms with van der Waals surface area (Å²) in [6, 6.07) is 11.8. The molecule has 8 heteroatoms. The second-order valence-electron chi connectivity index (χ2n) is 5.99. The molecule has 0 fully saturated rings. The van der Waals surface area contributed by atoms with Crippen LogP contribution in [0.1, 0.15) is 23.1 Å². The smallest absolute Gasteiger partial charge is 0.173 e. The number of H-pyrrole nitrogens is 1. The minimum absolute atomic E-state index is 0.274. The first-order chi connectivity index (χ1) is 12.6. The summed E-state index contributed by atoms with van der Waals surface area (Å²) in [4.78, 5) is 4.69. The zero-order valence-corrected chi connectivity index (χ0v) is 14.4. The Morgan fingerprint density at radius 3 is 2.69 bits per heavy atom. The van der Waals surface area contributed by atoms with E-state index >= 15 is 0 Å². The Labute approximate surface area is 149 Å². The van der Waals surface area contributed by atoms with E-state index in [2.05, 4.69) is 25.9 Å². The third-order valence-corrected chi connectivity index (χ3v) is 4.11. The van der Waals surface area contributed by atoms with E-state index in [0.29, 0.717) is 17.5 Å². The number of benzene rings is 1. The quantitative estimate of drug-likeness (QED) is 0.515. The van der Waals surface area contributed by atoms with Crippen LogP contribution in [0, 0.1) is 12.7 Å².